The van der Waals surface area contributed by atoms with Crippen LogP contribution in [0.5, 0.6) is 0 Å². The fourth-order valence-corrected chi connectivity index (χ4v) is 3.39. The Morgan fingerprint density at radius 1 is 0.952 bits per heavy atom. The van der Waals surface area contributed by atoms with E-state index >= 15 is 0 Å². The Hall–Kier alpha value is -2.50. The second-order valence-corrected chi connectivity index (χ2v) is 5.79. The zero-order valence-corrected chi connectivity index (χ0v) is 11.9. The molecule has 0 radical (unpaired) electrons. The number of aromatic nitrogens is 2. The number of rotatable bonds is 2. The summed E-state index contributed by atoms with van der Waals surface area (Å²) in [4.78, 5) is 10.2. The Morgan fingerprint density at radius 3 is 2.62 bits per heavy atom. The molecule has 0 atom stereocenters. The molecule has 0 saturated carbocycles. The first-order valence-corrected chi connectivity index (χ1v) is 7.39. The lowest BCUT2D eigenvalue weighted by molar-refractivity contribution is 1.19. The second kappa shape index (κ2) is 4.80. The Bertz CT molecular complexity index is 912. The molecule has 2 aromatic carbocycles. The average Bonchev–Trinajstić information content (AvgIpc) is 2.98. The number of thiophene rings is 1. The van der Waals surface area contributed by atoms with E-state index in [1.165, 1.54) is 10.1 Å². The van der Waals surface area contributed by atoms with Gasteiger partial charge >= 0.3 is 0 Å². The molecule has 0 fully saturated rings. The molecule has 21 heavy (non-hydrogen) atoms. The summed E-state index contributed by atoms with van der Waals surface area (Å²) in [6, 6.07) is 18.2. The minimum atomic E-state index is 0.646. The minimum Gasteiger partial charge on any atom is -0.308 e. The van der Waals surface area contributed by atoms with Crippen molar-refractivity contribution in [2.75, 3.05) is 5.43 Å². The molecule has 3 N–H and O–H groups in total. The summed E-state index contributed by atoms with van der Waals surface area (Å²) < 4.78 is 1.23. The molecule has 0 spiro atoms. The standard InChI is InChI=1S/C16H12N4S/c17-20-15-11-6-2-3-7-12(11)18-16(19-15)14-9-10-5-1-4-8-13(10)21-14/h1-9H,17H2,(H,18,19,20). The largest absolute Gasteiger partial charge is 0.308 e. The molecular weight excluding hydrogens is 280 g/mol. The van der Waals surface area contributed by atoms with Crippen LogP contribution in [-0.2, 0) is 0 Å². The third-order valence-electron chi connectivity index (χ3n) is 3.39. The van der Waals surface area contributed by atoms with Gasteiger partial charge in [-0.2, -0.15) is 0 Å². The van der Waals surface area contributed by atoms with Gasteiger partial charge in [-0.15, -0.1) is 11.3 Å². The van der Waals surface area contributed by atoms with Crippen LogP contribution in [0.2, 0.25) is 0 Å². The molecular formula is C16H12N4S. The highest BCUT2D eigenvalue weighted by Gasteiger charge is 2.11. The average molecular weight is 292 g/mol. The van der Waals surface area contributed by atoms with Crippen molar-refractivity contribution in [3.8, 4) is 10.7 Å². The van der Waals surface area contributed by atoms with Gasteiger partial charge in [0.1, 0.15) is 0 Å². The predicted octanol–water partition coefficient (Wildman–Crippen LogP) is 3.80. The van der Waals surface area contributed by atoms with Crippen LogP contribution >= 0.6 is 11.3 Å². The summed E-state index contributed by atoms with van der Waals surface area (Å²) in [5.74, 6) is 6.94. The van der Waals surface area contributed by atoms with Gasteiger partial charge in [-0.25, -0.2) is 15.8 Å². The minimum absolute atomic E-state index is 0.646. The van der Waals surface area contributed by atoms with Crippen molar-refractivity contribution in [3.63, 3.8) is 0 Å². The lowest BCUT2D eigenvalue weighted by atomic mass is 10.2. The third kappa shape index (κ3) is 2.03. The van der Waals surface area contributed by atoms with E-state index in [9.17, 15) is 0 Å². The van der Waals surface area contributed by atoms with Crippen molar-refractivity contribution < 1.29 is 0 Å². The van der Waals surface area contributed by atoms with E-state index in [4.69, 9.17) is 5.84 Å². The molecule has 4 nitrogen and oxygen atoms in total. The van der Waals surface area contributed by atoms with Crippen LogP contribution in [0, 0.1) is 0 Å². The van der Waals surface area contributed by atoms with Gasteiger partial charge in [0.2, 0.25) is 0 Å². The highest BCUT2D eigenvalue weighted by atomic mass is 32.1. The number of nitrogens with two attached hydrogens (primary N) is 1. The maximum Gasteiger partial charge on any atom is 0.172 e. The first-order chi connectivity index (χ1) is 10.3. The Kier molecular flexibility index (Phi) is 2.80. The van der Waals surface area contributed by atoms with E-state index in [2.05, 4.69) is 33.6 Å². The van der Waals surface area contributed by atoms with Crippen LogP contribution in [0.3, 0.4) is 0 Å². The number of nitrogen functional groups attached to an aromatic ring is 1. The van der Waals surface area contributed by atoms with Gasteiger partial charge in [0, 0.05) is 10.1 Å². The number of nitrogens with zero attached hydrogens (tertiary/aromatic N) is 2. The van der Waals surface area contributed by atoms with Gasteiger partial charge in [0.05, 0.1) is 10.4 Å². The van der Waals surface area contributed by atoms with Crippen molar-refractivity contribution in [1.82, 2.24) is 9.97 Å². The van der Waals surface area contributed by atoms with E-state index in [-0.39, 0.29) is 0 Å². The predicted molar refractivity (Wildman–Crippen MR) is 88.2 cm³/mol. The van der Waals surface area contributed by atoms with Crippen molar-refractivity contribution in [2.45, 2.75) is 0 Å². The molecule has 2 heterocycles. The first kappa shape index (κ1) is 12.3. The van der Waals surface area contributed by atoms with Crippen LogP contribution in [0.4, 0.5) is 5.82 Å². The Morgan fingerprint density at radius 2 is 1.76 bits per heavy atom. The van der Waals surface area contributed by atoms with Crippen LogP contribution in [0.25, 0.3) is 31.7 Å². The third-order valence-corrected chi connectivity index (χ3v) is 4.50. The van der Waals surface area contributed by atoms with E-state index in [0.29, 0.717) is 11.6 Å². The van der Waals surface area contributed by atoms with Crippen LogP contribution in [0.15, 0.2) is 54.6 Å². The molecule has 0 bridgehead atoms. The second-order valence-electron chi connectivity index (χ2n) is 4.71. The lowest BCUT2D eigenvalue weighted by Crippen LogP contribution is -2.10. The number of para-hydroxylation sites is 1. The van der Waals surface area contributed by atoms with Crippen LogP contribution < -0.4 is 11.3 Å². The van der Waals surface area contributed by atoms with Crippen LogP contribution in [0.1, 0.15) is 0 Å². The summed E-state index contributed by atoms with van der Waals surface area (Å²) >= 11 is 1.68. The summed E-state index contributed by atoms with van der Waals surface area (Å²) in [7, 11) is 0. The van der Waals surface area contributed by atoms with Gasteiger partial charge in [-0.3, -0.25) is 0 Å². The number of fused-ring (bicyclic) bond motifs is 2. The smallest absolute Gasteiger partial charge is 0.172 e. The summed E-state index contributed by atoms with van der Waals surface area (Å²) in [5.41, 5.74) is 3.55. The molecule has 0 amide bonds. The molecule has 0 aliphatic heterocycles. The van der Waals surface area contributed by atoms with Gasteiger partial charge in [-0.05, 0) is 29.7 Å². The van der Waals surface area contributed by atoms with E-state index < -0.39 is 0 Å². The van der Waals surface area contributed by atoms with Crippen molar-refractivity contribution in [3.05, 3.63) is 54.6 Å². The fraction of sp³-hybridized carbons (Fsp3) is 0. The number of nitrogens with one attached hydrogen (secondary N) is 1. The van der Waals surface area contributed by atoms with E-state index in [1.54, 1.807) is 11.3 Å². The quantitative estimate of drug-likeness (QED) is 0.436. The molecule has 0 saturated heterocycles. The van der Waals surface area contributed by atoms with Gasteiger partial charge < -0.3 is 5.43 Å². The van der Waals surface area contributed by atoms with Crippen molar-refractivity contribution in [1.29, 1.82) is 0 Å². The monoisotopic (exact) mass is 292 g/mol. The SMILES string of the molecule is NNc1nc(-c2cc3ccccc3s2)nc2ccccc12. The highest BCUT2D eigenvalue weighted by molar-refractivity contribution is 7.22. The van der Waals surface area contributed by atoms with E-state index in [1.807, 2.05) is 36.4 Å². The number of hydrogen-bond acceptors (Lipinski definition) is 5. The van der Waals surface area contributed by atoms with E-state index in [0.717, 1.165) is 15.8 Å². The topological polar surface area (TPSA) is 63.8 Å². The van der Waals surface area contributed by atoms with Crippen molar-refractivity contribution in [2.24, 2.45) is 5.84 Å². The first-order valence-electron chi connectivity index (χ1n) is 6.57. The molecule has 4 rings (SSSR count). The summed E-state index contributed by atoms with van der Waals surface area (Å²) in [6.07, 6.45) is 0. The maximum absolute atomic E-state index is 5.60. The van der Waals surface area contributed by atoms with Gasteiger partial charge in [0.15, 0.2) is 11.6 Å². The van der Waals surface area contributed by atoms with Crippen molar-refractivity contribution >= 4 is 38.1 Å². The molecule has 2 aromatic heterocycles. The zero-order chi connectivity index (χ0) is 14.2. The molecule has 5 heteroatoms. The summed E-state index contributed by atoms with van der Waals surface area (Å²) in [5, 5.41) is 2.13. The molecule has 0 aliphatic carbocycles. The Labute approximate surface area is 125 Å². The zero-order valence-electron chi connectivity index (χ0n) is 11.1. The highest BCUT2D eigenvalue weighted by Crippen LogP contribution is 2.33. The van der Waals surface area contributed by atoms with Gasteiger partial charge in [0.25, 0.3) is 0 Å². The fourth-order valence-electron chi connectivity index (χ4n) is 2.39. The maximum atomic E-state index is 5.60. The number of hydrazine groups is 1. The molecule has 102 valence electrons. The molecule has 0 unspecified atom stereocenters. The van der Waals surface area contributed by atoms with Gasteiger partial charge in [-0.1, -0.05) is 30.3 Å². The Balaban J connectivity index is 1.97. The lowest BCUT2D eigenvalue weighted by Gasteiger charge is -2.06. The number of anilines is 1. The number of benzene rings is 2. The normalized spacial score (nSPS) is 11.1. The van der Waals surface area contributed by atoms with Crippen LogP contribution in [-0.4, -0.2) is 9.97 Å². The molecule has 0 aliphatic rings. The number of hydrogen-bond donors (Lipinski definition) is 2. The molecule has 4 aromatic rings. The summed E-state index contributed by atoms with van der Waals surface area (Å²) in [6.45, 7) is 0.